The molecule has 1 aliphatic heterocycles. The van der Waals surface area contributed by atoms with Gasteiger partial charge >= 0.3 is 12.0 Å². The van der Waals surface area contributed by atoms with E-state index in [0.29, 0.717) is 24.1 Å². The van der Waals surface area contributed by atoms with Crippen LogP contribution in [0.1, 0.15) is 0 Å². The molecule has 1 aliphatic rings. The number of rotatable bonds is 4. The van der Waals surface area contributed by atoms with E-state index in [9.17, 15) is 4.79 Å². The number of nitrogens with one attached hydrogen (secondary N) is 2. The van der Waals surface area contributed by atoms with Crippen LogP contribution < -0.4 is 15.0 Å². The SMILES string of the molecule is Cn1ccnc1Oc1ccc(N2CCN(C(=O)Nc3c[nH]c4ccc(Cl)cc34)CC2)cc1. The van der Waals surface area contributed by atoms with E-state index in [-0.39, 0.29) is 6.03 Å². The van der Waals surface area contributed by atoms with E-state index in [4.69, 9.17) is 16.3 Å². The van der Waals surface area contributed by atoms with Crippen molar-refractivity contribution in [2.24, 2.45) is 7.05 Å². The number of ether oxygens (including phenoxy) is 1. The van der Waals surface area contributed by atoms with E-state index in [1.54, 1.807) is 12.4 Å². The molecular formula is C23H23ClN6O2. The van der Waals surface area contributed by atoms with Gasteiger partial charge < -0.3 is 29.4 Å². The molecule has 0 aliphatic carbocycles. The van der Waals surface area contributed by atoms with Gasteiger partial charge in [-0.1, -0.05) is 11.6 Å². The second kappa shape index (κ2) is 8.47. The minimum Gasteiger partial charge on any atom is -0.426 e. The summed E-state index contributed by atoms with van der Waals surface area (Å²) in [4.78, 5) is 24.2. The van der Waals surface area contributed by atoms with Crippen LogP contribution in [0, 0.1) is 0 Å². The number of piperazine rings is 1. The first-order valence-corrected chi connectivity index (χ1v) is 10.8. The fourth-order valence-electron chi connectivity index (χ4n) is 3.84. The molecule has 9 heteroatoms. The second-order valence-electron chi connectivity index (χ2n) is 7.71. The van der Waals surface area contributed by atoms with Crippen molar-refractivity contribution in [2.75, 3.05) is 36.4 Å². The number of aromatic nitrogens is 3. The van der Waals surface area contributed by atoms with Gasteiger partial charge in [-0.3, -0.25) is 0 Å². The maximum atomic E-state index is 12.8. The van der Waals surface area contributed by atoms with Crippen LogP contribution in [0.3, 0.4) is 0 Å². The lowest BCUT2D eigenvalue weighted by Gasteiger charge is -2.36. The molecule has 0 radical (unpaired) electrons. The molecule has 0 unspecified atom stereocenters. The van der Waals surface area contributed by atoms with Crippen LogP contribution in [-0.2, 0) is 7.05 Å². The number of amides is 2. The predicted octanol–water partition coefficient (Wildman–Crippen LogP) is 4.70. The molecule has 0 spiro atoms. The van der Waals surface area contributed by atoms with Crippen LogP contribution in [0.4, 0.5) is 16.2 Å². The molecule has 2 N–H and O–H groups in total. The molecule has 0 saturated carbocycles. The number of aryl methyl sites for hydroxylation is 1. The number of benzene rings is 2. The molecule has 0 atom stereocenters. The van der Waals surface area contributed by atoms with Crippen molar-refractivity contribution in [3.05, 3.63) is 66.1 Å². The first-order chi connectivity index (χ1) is 15.6. The van der Waals surface area contributed by atoms with Gasteiger partial charge in [-0.05, 0) is 42.5 Å². The van der Waals surface area contributed by atoms with Crippen LogP contribution in [-0.4, -0.2) is 51.6 Å². The Morgan fingerprint density at radius 3 is 2.62 bits per heavy atom. The lowest BCUT2D eigenvalue weighted by molar-refractivity contribution is 0.208. The zero-order valence-corrected chi connectivity index (χ0v) is 18.3. The quantitative estimate of drug-likeness (QED) is 0.472. The molecule has 8 nitrogen and oxygen atoms in total. The van der Waals surface area contributed by atoms with Crippen molar-refractivity contribution in [3.63, 3.8) is 0 Å². The number of carbonyl (C=O) groups is 1. The van der Waals surface area contributed by atoms with Crippen LogP contribution in [0.15, 0.2) is 61.1 Å². The van der Waals surface area contributed by atoms with Gasteiger partial charge in [0.2, 0.25) is 0 Å². The molecule has 32 heavy (non-hydrogen) atoms. The smallest absolute Gasteiger partial charge is 0.322 e. The van der Waals surface area contributed by atoms with Crippen molar-refractivity contribution >= 4 is 39.9 Å². The summed E-state index contributed by atoms with van der Waals surface area (Å²) in [6.45, 7) is 2.79. The lowest BCUT2D eigenvalue weighted by Crippen LogP contribution is -2.50. The number of imidazole rings is 1. The first-order valence-electron chi connectivity index (χ1n) is 10.4. The average molecular weight is 451 g/mol. The van der Waals surface area contributed by atoms with E-state index >= 15 is 0 Å². The number of carbonyl (C=O) groups excluding carboxylic acids is 1. The van der Waals surface area contributed by atoms with Gasteiger partial charge in [0, 0.05) is 73.4 Å². The normalized spacial score (nSPS) is 14.1. The highest BCUT2D eigenvalue weighted by atomic mass is 35.5. The summed E-state index contributed by atoms with van der Waals surface area (Å²) < 4.78 is 7.61. The molecule has 3 heterocycles. The topological polar surface area (TPSA) is 78.4 Å². The van der Waals surface area contributed by atoms with E-state index < -0.39 is 0 Å². The Balaban J connectivity index is 1.18. The standard InChI is InChI=1S/C23H23ClN6O2/c1-28-9-8-25-23(28)32-18-5-3-17(4-6-18)29-10-12-30(13-11-29)22(31)27-21-15-26-20-7-2-16(24)14-19(20)21/h2-9,14-15,26H,10-13H2,1H3,(H,27,31). The monoisotopic (exact) mass is 450 g/mol. The lowest BCUT2D eigenvalue weighted by atomic mass is 10.2. The second-order valence-corrected chi connectivity index (χ2v) is 8.15. The Bertz CT molecular complexity index is 1240. The number of aromatic amines is 1. The van der Waals surface area contributed by atoms with Crippen LogP contribution in [0.2, 0.25) is 5.02 Å². The molecule has 1 fully saturated rings. The summed E-state index contributed by atoms with van der Waals surface area (Å²) in [6, 6.07) is 14.0. The molecule has 5 rings (SSSR count). The van der Waals surface area contributed by atoms with E-state index in [1.165, 1.54) is 0 Å². The van der Waals surface area contributed by atoms with Crippen molar-refractivity contribution in [1.82, 2.24) is 19.4 Å². The number of H-pyrrole nitrogens is 1. The van der Waals surface area contributed by atoms with Gasteiger partial charge in [0.15, 0.2) is 0 Å². The van der Waals surface area contributed by atoms with Crippen LogP contribution in [0.5, 0.6) is 11.8 Å². The highest BCUT2D eigenvalue weighted by molar-refractivity contribution is 6.31. The van der Waals surface area contributed by atoms with Gasteiger partial charge in [0.05, 0.1) is 5.69 Å². The van der Waals surface area contributed by atoms with Crippen molar-refractivity contribution in [1.29, 1.82) is 0 Å². The van der Waals surface area contributed by atoms with Gasteiger partial charge in [-0.2, -0.15) is 0 Å². The number of fused-ring (bicyclic) bond motifs is 1. The summed E-state index contributed by atoms with van der Waals surface area (Å²) in [5.41, 5.74) is 2.77. The molecule has 164 valence electrons. The van der Waals surface area contributed by atoms with Crippen molar-refractivity contribution in [2.45, 2.75) is 0 Å². The summed E-state index contributed by atoms with van der Waals surface area (Å²) in [5.74, 6) is 0.736. The third-order valence-electron chi connectivity index (χ3n) is 5.64. The van der Waals surface area contributed by atoms with E-state index in [0.717, 1.165) is 41.1 Å². The van der Waals surface area contributed by atoms with Gasteiger partial charge in [-0.25, -0.2) is 9.78 Å². The highest BCUT2D eigenvalue weighted by Gasteiger charge is 2.22. The molecule has 2 amide bonds. The number of nitrogens with zero attached hydrogens (tertiary/aromatic N) is 4. The Kier molecular flexibility index (Phi) is 5.36. The largest absolute Gasteiger partial charge is 0.426 e. The Hall–Kier alpha value is -3.65. The number of halogens is 1. The fourth-order valence-corrected chi connectivity index (χ4v) is 4.01. The summed E-state index contributed by atoms with van der Waals surface area (Å²) in [7, 11) is 1.89. The summed E-state index contributed by atoms with van der Waals surface area (Å²) in [5, 5.41) is 4.54. The highest BCUT2D eigenvalue weighted by Crippen LogP contribution is 2.27. The third kappa shape index (κ3) is 4.09. The van der Waals surface area contributed by atoms with E-state index in [1.807, 2.05) is 65.2 Å². The van der Waals surface area contributed by atoms with Crippen molar-refractivity contribution < 1.29 is 9.53 Å². The maximum absolute atomic E-state index is 12.8. The minimum absolute atomic E-state index is 0.107. The Labute approximate surface area is 190 Å². The number of hydrogen-bond donors (Lipinski definition) is 2. The minimum atomic E-state index is -0.107. The number of anilines is 2. The average Bonchev–Trinajstić information content (AvgIpc) is 3.40. The zero-order valence-electron chi connectivity index (χ0n) is 17.6. The maximum Gasteiger partial charge on any atom is 0.322 e. The molecule has 1 saturated heterocycles. The van der Waals surface area contributed by atoms with Crippen molar-refractivity contribution in [3.8, 4) is 11.8 Å². The van der Waals surface area contributed by atoms with Gasteiger partial charge in [0.1, 0.15) is 5.75 Å². The van der Waals surface area contributed by atoms with Crippen LogP contribution in [0.25, 0.3) is 10.9 Å². The van der Waals surface area contributed by atoms with Crippen LogP contribution >= 0.6 is 11.6 Å². The molecular weight excluding hydrogens is 428 g/mol. The summed E-state index contributed by atoms with van der Waals surface area (Å²) in [6.07, 6.45) is 5.34. The Morgan fingerprint density at radius 2 is 1.91 bits per heavy atom. The fraction of sp³-hybridized carbons (Fsp3) is 0.217. The molecule has 2 aromatic carbocycles. The number of urea groups is 1. The Morgan fingerprint density at radius 1 is 1.12 bits per heavy atom. The van der Waals surface area contributed by atoms with Gasteiger partial charge in [-0.15, -0.1) is 0 Å². The zero-order chi connectivity index (χ0) is 22.1. The van der Waals surface area contributed by atoms with Gasteiger partial charge in [0.25, 0.3) is 0 Å². The molecule has 2 aromatic heterocycles. The number of hydrogen-bond acceptors (Lipinski definition) is 4. The summed E-state index contributed by atoms with van der Waals surface area (Å²) >= 11 is 6.10. The third-order valence-corrected chi connectivity index (χ3v) is 5.88. The first kappa shape index (κ1) is 20.3. The molecule has 4 aromatic rings. The predicted molar refractivity (Wildman–Crippen MR) is 126 cm³/mol. The molecule has 0 bridgehead atoms. The van der Waals surface area contributed by atoms with E-state index in [2.05, 4.69) is 20.2 Å².